The van der Waals surface area contributed by atoms with Crippen molar-refractivity contribution in [2.24, 2.45) is 0 Å². The topological polar surface area (TPSA) is 45.2 Å². The number of hydrogen-bond acceptors (Lipinski definition) is 4. The third-order valence-electron chi connectivity index (χ3n) is 5.11. The fourth-order valence-corrected chi connectivity index (χ4v) is 4.87. The first-order chi connectivity index (χ1) is 11.8. The average molecular weight is 341 g/mol. The van der Waals surface area contributed by atoms with Crippen molar-refractivity contribution in [1.82, 2.24) is 9.88 Å². The molecule has 0 radical (unpaired) electrons. The van der Waals surface area contributed by atoms with Crippen LogP contribution < -0.4 is 5.32 Å². The summed E-state index contributed by atoms with van der Waals surface area (Å²) >= 11 is 1.78. The zero-order valence-corrected chi connectivity index (χ0v) is 14.6. The van der Waals surface area contributed by atoms with Gasteiger partial charge in [-0.15, -0.1) is 11.3 Å². The summed E-state index contributed by atoms with van der Waals surface area (Å²) in [5.41, 5.74) is 3.38. The summed E-state index contributed by atoms with van der Waals surface area (Å²) in [7, 11) is 0. The molecular weight excluding hydrogens is 318 g/mol. The lowest BCUT2D eigenvalue weighted by molar-refractivity contribution is 0.0717. The van der Waals surface area contributed by atoms with Crippen molar-refractivity contribution in [2.75, 3.05) is 18.4 Å². The van der Waals surface area contributed by atoms with Crippen LogP contribution in [-0.2, 0) is 12.8 Å². The van der Waals surface area contributed by atoms with E-state index in [0.29, 0.717) is 6.04 Å². The van der Waals surface area contributed by atoms with Crippen molar-refractivity contribution in [3.63, 3.8) is 0 Å². The molecule has 0 aromatic carbocycles. The molecule has 1 amide bonds. The number of aryl methyl sites for hydroxylation is 1. The van der Waals surface area contributed by atoms with Crippen LogP contribution in [0.4, 0.5) is 5.69 Å². The molecule has 4 nitrogen and oxygen atoms in total. The molecule has 2 aromatic heterocycles. The van der Waals surface area contributed by atoms with Crippen molar-refractivity contribution in [2.45, 2.75) is 44.6 Å². The monoisotopic (exact) mass is 341 g/mol. The number of rotatable bonds is 3. The lowest BCUT2D eigenvalue weighted by Gasteiger charge is -2.33. The molecule has 5 heteroatoms. The number of nitrogens with zero attached hydrogens (tertiary/aromatic N) is 2. The van der Waals surface area contributed by atoms with Crippen LogP contribution in [0.15, 0.2) is 29.9 Å². The summed E-state index contributed by atoms with van der Waals surface area (Å²) in [4.78, 5) is 20.5. The van der Waals surface area contributed by atoms with Crippen LogP contribution in [-0.4, -0.2) is 34.9 Å². The van der Waals surface area contributed by atoms with Gasteiger partial charge in [-0.1, -0.05) is 0 Å². The molecule has 4 rings (SSSR count). The number of aromatic nitrogens is 1. The Labute approximate surface area is 146 Å². The molecular formula is C19H23N3OS. The van der Waals surface area contributed by atoms with E-state index in [9.17, 15) is 4.79 Å². The van der Waals surface area contributed by atoms with Crippen molar-refractivity contribution in [1.29, 1.82) is 0 Å². The number of nitrogens with one attached hydrogen (secondary N) is 1. The first-order valence-electron chi connectivity index (χ1n) is 8.86. The molecule has 1 N–H and O–H groups in total. The van der Waals surface area contributed by atoms with Crippen LogP contribution in [0.2, 0.25) is 0 Å². The van der Waals surface area contributed by atoms with Gasteiger partial charge in [0.15, 0.2) is 0 Å². The maximum atomic E-state index is 12.9. The first kappa shape index (κ1) is 15.6. The minimum atomic E-state index is 0.245. The van der Waals surface area contributed by atoms with Gasteiger partial charge < -0.3 is 10.2 Å². The van der Waals surface area contributed by atoms with Crippen molar-refractivity contribution >= 4 is 22.9 Å². The van der Waals surface area contributed by atoms with E-state index in [1.165, 1.54) is 23.3 Å². The lowest BCUT2D eigenvalue weighted by atomic mass is 9.95. The standard InChI is InChI=1S/C19H23N3OS/c23-19(17-13-24-18-6-2-1-5-16(17)18)22-10-7-14(8-11-22)21-15-4-3-9-20-12-15/h3-4,9,12-14,21H,1-2,5-8,10-11H2. The first-order valence-corrected chi connectivity index (χ1v) is 9.74. The number of anilines is 1. The van der Waals surface area contributed by atoms with Gasteiger partial charge in [0, 0.05) is 41.8 Å². The molecule has 126 valence electrons. The van der Waals surface area contributed by atoms with Crippen molar-refractivity contribution in [3.05, 3.63) is 45.9 Å². The molecule has 24 heavy (non-hydrogen) atoms. The number of likely N-dealkylation sites (tertiary alicyclic amines) is 1. The highest BCUT2D eigenvalue weighted by atomic mass is 32.1. The van der Waals surface area contributed by atoms with Gasteiger partial charge in [-0.3, -0.25) is 9.78 Å². The normalized spacial score (nSPS) is 18.2. The van der Waals surface area contributed by atoms with Gasteiger partial charge in [-0.2, -0.15) is 0 Å². The van der Waals surface area contributed by atoms with Crippen LogP contribution in [0.3, 0.4) is 0 Å². The molecule has 1 aliphatic heterocycles. The van der Waals surface area contributed by atoms with E-state index in [0.717, 1.165) is 50.0 Å². The summed E-state index contributed by atoms with van der Waals surface area (Å²) in [6.45, 7) is 1.67. The Bertz CT molecular complexity index is 705. The Kier molecular flexibility index (Phi) is 4.52. The number of carbonyl (C=O) groups excluding carboxylic acids is 1. The fraction of sp³-hybridized carbons (Fsp3) is 0.474. The van der Waals surface area contributed by atoms with Gasteiger partial charge in [-0.25, -0.2) is 0 Å². The van der Waals surface area contributed by atoms with Crippen molar-refractivity contribution in [3.8, 4) is 0 Å². The fourth-order valence-electron chi connectivity index (χ4n) is 3.75. The highest BCUT2D eigenvalue weighted by Crippen LogP contribution is 2.31. The highest BCUT2D eigenvalue weighted by molar-refractivity contribution is 7.10. The average Bonchev–Trinajstić information content (AvgIpc) is 3.07. The van der Waals surface area contributed by atoms with E-state index < -0.39 is 0 Å². The predicted octanol–water partition coefficient (Wildman–Crippen LogP) is 3.74. The maximum absolute atomic E-state index is 12.9. The Balaban J connectivity index is 1.37. The Morgan fingerprint density at radius 3 is 2.88 bits per heavy atom. The van der Waals surface area contributed by atoms with Gasteiger partial charge in [0.25, 0.3) is 5.91 Å². The summed E-state index contributed by atoms with van der Waals surface area (Å²) < 4.78 is 0. The zero-order chi connectivity index (χ0) is 16.4. The Morgan fingerprint density at radius 2 is 2.08 bits per heavy atom. The van der Waals surface area contributed by atoms with E-state index in [2.05, 4.69) is 15.7 Å². The van der Waals surface area contributed by atoms with Gasteiger partial charge >= 0.3 is 0 Å². The highest BCUT2D eigenvalue weighted by Gasteiger charge is 2.27. The number of carbonyl (C=O) groups is 1. The molecule has 2 aromatic rings. The quantitative estimate of drug-likeness (QED) is 0.925. The second-order valence-electron chi connectivity index (χ2n) is 6.71. The molecule has 0 atom stereocenters. The number of amides is 1. The number of pyridine rings is 1. The molecule has 2 aliphatic rings. The van der Waals surface area contributed by atoms with E-state index in [-0.39, 0.29) is 5.91 Å². The summed E-state index contributed by atoms with van der Waals surface area (Å²) in [5, 5.41) is 5.62. The number of thiophene rings is 1. The van der Waals surface area contributed by atoms with E-state index in [4.69, 9.17) is 0 Å². The minimum Gasteiger partial charge on any atom is -0.381 e. The summed E-state index contributed by atoms with van der Waals surface area (Å²) in [6, 6.07) is 4.41. The van der Waals surface area contributed by atoms with Gasteiger partial charge in [-0.05, 0) is 56.2 Å². The second-order valence-corrected chi connectivity index (χ2v) is 7.67. The third kappa shape index (κ3) is 3.18. The van der Waals surface area contributed by atoms with Crippen LogP contribution >= 0.6 is 11.3 Å². The van der Waals surface area contributed by atoms with Crippen LogP contribution in [0.1, 0.15) is 46.5 Å². The maximum Gasteiger partial charge on any atom is 0.254 e. The molecule has 1 fully saturated rings. The SMILES string of the molecule is O=C(c1csc2c1CCCC2)N1CCC(Nc2cccnc2)CC1. The summed E-state index contributed by atoms with van der Waals surface area (Å²) in [5.74, 6) is 0.245. The van der Waals surface area contributed by atoms with Crippen molar-refractivity contribution < 1.29 is 4.79 Å². The molecule has 1 aliphatic carbocycles. The van der Waals surface area contributed by atoms with E-state index in [1.807, 2.05) is 23.2 Å². The Morgan fingerprint density at radius 1 is 1.25 bits per heavy atom. The lowest BCUT2D eigenvalue weighted by Crippen LogP contribution is -2.42. The van der Waals surface area contributed by atoms with Crippen LogP contribution in [0.5, 0.6) is 0 Å². The Hall–Kier alpha value is -1.88. The molecule has 0 saturated carbocycles. The number of hydrogen-bond donors (Lipinski definition) is 1. The van der Waals surface area contributed by atoms with E-state index >= 15 is 0 Å². The van der Waals surface area contributed by atoms with Crippen LogP contribution in [0.25, 0.3) is 0 Å². The smallest absolute Gasteiger partial charge is 0.254 e. The third-order valence-corrected chi connectivity index (χ3v) is 6.19. The predicted molar refractivity (Wildman–Crippen MR) is 97.7 cm³/mol. The molecule has 1 saturated heterocycles. The molecule has 0 unspecified atom stereocenters. The second kappa shape index (κ2) is 6.93. The summed E-state index contributed by atoms with van der Waals surface area (Å²) in [6.07, 6.45) is 10.4. The molecule has 0 bridgehead atoms. The molecule has 3 heterocycles. The molecule has 0 spiro atoms. The van der Waals surface area contributed by atoms with E-state index in [1.54, 1.807) is 17.5 Å². The van der Waals surface area contributed by atoms with Gasteiger partial charge in [0.1, 0.15) is 0 Å². The van der Waals surface area contributed by atoms with Gasteiger partial charge in [0.2, 0.25) is 0 Å². The largest absolute Gasteiger partial charge is 0.381 e. The zero-order valence-electron chi connectivity index (χ0n) is 13.8. The van der Waals surface area contributed by atoms with Gasteiger partial charge in [0.05, 0.1) is 11.3 Å². The number of fused-ring (bicyclic) bond motifs is 1. The van der Waals surface area contributed by atoms with Crippen LogP contribution in [0, 0.1) is 0 Å². The minimum absolute atomic E-state index is 0.245. The number of piperidine rings is 1.